The lowest BCUT2D eigenvalue weighted by Crippen LogP contribution is -2.07. The van der Waals surface area contributed by atoms with Crippen LogP contribution in [0.5, 0.6) is 0 Å². The van der Waals surface area contributed by atoms with Gasteiger partial charge in [-0.1, -0.05) is 6.92 Å². The van der Waals surface area contributed by atoms with E-state index in [0.29, 0.717) is 34.3 Å². The van der Waals surface area contributed by atoms with Crippen LogP contribution >= 0.6 is 0 Å². The van der Waals surface area contributed by atoms with Crippen molar-refractivity contribution in [1.29, 1.82) is 0 Å². The molecule has 122 valence electrons. The van der Waals surface area contributed by atoms with Crippen LogP contribution in [-0.2, 0) is 4.79 Å². The first kappa shape index (κ1) is 14.6. The molecule has 6 heteroatoms. The molecule has 2 atom stereocenters. The summed E-state index contributed by atoms with van der Waals surface area (Å²) in [5.41, 5.74) is 1.69. The van der Waals surface area contributed by atoms with Crippen LogP contribution in [0.1, 0.15) is 30.8 Å². The van der Waals surface area contributed by atoms with Gasteiger partial charge in [0.1, 0.15) is 11.5 Å². The fourth-order valence-electron chi connectivity index (χ4n) is 2.83. The highest BCUT2D eigenvalue weighted by molar-refractivity contribution is 6.02. The van der Waals surface area contributed by atoms with Crippen LogP contribution in [0.4, 0.5) is 5.69 Å². The second-order valence-corrected chi connectivity index (χ2v) is 6.22. The normalized spacial score (nSPS) is 19.9. The van der Waals surface area contributed by atoms with Crippen molar-refractivity contribution >= 4 is 28.7 Å². The number of hydrogen-bond acceptors (Lipinski definition) is 3. The van der Waals surface area contributed by atoms with Crippen molar-refractivity contribution in [3.8, 4) is 0 Å². The van der Waals surface area contributed by atoms with Crippen molar-refractivity contribution in [3.05, 3.63) is 58.4 Å². The summed E-state index contributed by atoms with van der Waals surface area (Å²) in [5, 5.41) is 2.76. The van der Waals surface area contributed by atoms with E-state index in [1.54, 1.807) is 24.3 Å². The highest BCUT2D eigenvalue weighted by Crippen LogP contribution is 2.47. The number of carbonyl (C=O) groups is 1. The van der Waals surface area contributed by atoms with E-state index in [1.807, 2.05) is 12.1 Å². The van der Waals surface area contributed by atoms with Gasteiger partial charge in [0.15, 0.2) is 0 Å². The Labute approximate surface area is 137 Å². The molecule has 1 amide bonds. The van der Waals surface area contributed by atoms with E-state index in [9.17, 15) is 9.59 Å². The number of furan rings is 1. The minimum atomic E-state index is -0.271. The van der Waals surface area contributed by atoms with Crippen molar-refractivity contribution in [2.24, 2.45) is 5.92 Å². The fourth-order valence-corrected chi connectivity index (χ4v) is 2.83. The van der Waals surface area contributed by atoms with Gasteiger partial charge in [0.25, 0.3) is 0 Å². The summed E-state index contributed by atoms with van der Waals surface area (Å²) >= 11 is 0. The Morgan fingerprint density at radius 3 is 2.83 bits per heavy atom. The van der Waals surface area contributed by atoms with E-state index in [-0.39, 0.29) is 11.6 Å². The maximum atomic E-state index is 12.0. The number of imidazole rings is 1. The van der Waals surface area contributed by atoms with Gasteiger partial charge in [-0.2, -0.15) is 0 Å². The maximum absolute atomic E-state index is 12.0. The molecule has 2 unspecified atom stereocenters. The molecule has 24 heavy (non-hydrogen) atoms. The van der Waals surface area contributed by atoms with Gasteiger partial charge >= 0.3 is 5.69 Å². The molecule has 3 aromatic rings. The standard InChI is InChI=1S/C18H17N3O3/c1-10-8-13(10)16-6-3-12(24-16)4-7-17(22)19-11-2-5-14-15(9-11)21-18(23)20-14/h2-7,9-10,13H,8H2,1H3,(H,19,22)(H2,20,21,23)/b7-4+. The molecule has 3 N–H and O–H groups in total. The second kappa shape index (κ2) is 5.56. The zero-order valence-corrected chi connectivity index (χ0v) is 13.1. The monoisotopic (exact) mass is 323 g/mol. The van der Waals surface area contributed by atoms with E-state index in [0.717, 1.165) is 5.76 Å². The van der Waals surface area contributed by atoms with E-state index in [4.69, 9.17) is 4.42 Å². The summed E-state index contributed by atoms with van der Waals surface area (Å²) in [5.74, 6) is 2.61. The highest BCUT2D eigenvalue weighted by atomic mass is 16.3. The number of amides is 1. The van der Waals surface area contributed by atoms with Crippen molar-refractivity contribution in [2.45, 2.75) is 19.3 Å². The first-order valence-electron chi connectivity index (χ1n) is 7.89. The van der Waals surface area contributed by atoms with Gasteiger partial charge in [-0.15, -0.1) is 0 Å². The van der Waals surface area contributed by atoms with E-state index >= 15 is 0 Å². The molecule has 0 aliphatic heterocycles. The molecular formula is C18H17N3O3. The van der Waals surface area contributed by atoms with Gasteiger partial charge in [0, 0.05) is 17.7 Å². The average molecular weight is 323 g/mol. The molecule has 1 aliphatic carbocycles. The minimum absolute atomic E-state index is 0.259. The summed E-state index contributed by atoms with van der Waals surface area (Å²) in [6.07, 6.45) is 4.26. The molecule has 2 aromatic heterocycles. The summed E-state index contributed by atoms with van der Waals surface area (Å²) in [4.78, 5) is 28.6. The molecule has 1 fully saturated rings. The zero-order chi connectivity index (χ0) is 16.7. The third kappa shape index (κ3) is 2.90. The van der Waals surface area contributed by atoms with Crippen molar-refractivity contribution in [2.75, 3.05) is 5.32 Å². The quantitative estimate of drug-likeness (QED) is 0.644. The number of aromatic amines is 2. The summed E-state index contributed by atoms with van der Waals surface area (Å²) in [6.45, 7) is 2.20. The third-order valence-corrected chi connectivity index (χ3v) is 4.30. The Morgan fingerprint density at radius 2 is 2.04 bits per heavy atom. The summed E-state index contributed by atoms with van der Waals surface area (Å²) in [6, 6.07) is 9.03. The Kier molecular flexibility index (Phi) is 3.37. The first-order chi connectivity index (χ1) is 11.6. The van der Waals surface area contributed by atoms with E-state index < -0.39 is 0 Å². The summed E-state index contributed by atoms with van der Waals surface area (Å²) in [7, 11) is 0. The number of hydrogen-bond donors (Lipinski definition) is 3. The van der Waals surface area contributed by atoms with Gasteiger partial charge in [-0.05, 0) is 48.7 Å². The minimum Gasteiger partial charge on any atom is -0.461 e. The maximum Gasteiger partial charge on any atom is 0.323 e. The first-order valence-corrected chi connectivity index (χ1v) is 7.89. The van der Waals surface area contributed by atoms with E-state index in [2.05, 4.69) is 22.2 Å². The average Bonchev–Trinajstić information content (AvgIpc) is 2.97. The number of rotatable bonds is 4. The third-order valence-electron chi connectivity index (χ3n) is 4.30. The van der Waals surface area contributed by atoms with Gasteiger partial charge in [-0.25, -0.2) is 4.79 Å². The molecule has 1 aliphatic rings. The second-order valence-electron chi connectivity index (χ2n) is 6.22. The molecule has 4 rings (SSSR count). The predicted octanol–water partition coefficient (Wildman–Crippen LogP) is 3.22. The van der Waals surface area contributed by atoms with Crippen molar-refractivity contribution < 1.29 is 9.21 Å². The van der Waals surface area contributed by atoms with Crippen molar-refractivity contribution in [1.82, 2.24) is 9.97 Å². The Hall–Kier alpha value is -3.02. The lowest BCUT2D eigenvalue weighted by atomic mass is 10.2. The molecule has 0 bridgehead atoms. The van der Waals surface area contributed by atoms with Gasteiger partial charge in [-0.3, -0.25) is 4.79 Å². The summed E-state index contributed by atoms with van der Waals surface area (Å²) < 4.78 is 5.73. The molecular weight excluding hydrogens is 306 g/mol. The van der Waals surface area contributed by atoms with Gasteiger partial charge < -0.3 is 19.7 Å². The molecule has 0 spiro atoms. The molecule has 0 radical (unpaired) electrons. The Balaban J connectivity index is 1.43. The van der Waals surface area contributed by atoms with Crippen LogP contribution < -0.4 is 11.0 Å². The van der Waals surface area contributed by atoms with Crippen LogP contribution in [0.3, 0.4) is 0 Å². The highest BCUT2D eigenvalue weighted by Gasteiger charge is 2.36. The number of H-pyrrole nitrogens is 2. The number of carbonyl (C=O) groups excluding carboxylic acids is 1. The Morgan fingerprint density at radius 1 is 1.25 bits per heavy atom. The zero-order valence-electron chi connectivity index (χ0n) is 13.1. The van der Waals surface area contributed by atoms with Gasteiger partial charge in [0.05, 0.1) is 11.0 Å². The van der Waals surface area contributed by atoms with Crippen LogP contribution in [-0.4, -0.2) is 15.9 Å². The molecule has 0 saturated heterocycles. The lowest BCUT2D eigenvalue weighted by molar-refractivity contribution is -0.111. The Bertz CT molecular complexity index is 992. The van der Waals surface area contributed by atoms with Gasteiger partial charge in [0.2, 0.25) is 5.91 Å². The molecule has 2 heterocycles. The number of fused-ring (bicyclic) bond motifs is 1. The largest absolute Gasteiger partial charge is 0.461 e. The van der Waals surface area contributed by atoms with Crippen LogP contribution in [0.2, 0.25) is 0 Å². The topological polar surface area (TPSA) is 90.9 Å². The number of benzene rings is 1. The smallest absolute Gasteiger partial charge is 0.323 e. The number of aromatic nitrogens is 2. The molecule has 6 nitrogen and oxygen atoms in total. The van der Waals surface area contributed by atoms with Crippen LogP contribution in [0.25, 0.3) is 17.1 Å². The predicted molar refractivity (Wildman–Crippen MR) is 91.8 cm³/mol. The van der Waals surface area contributed by atoms with Crippen LogP contribution in [0.15, 0.2) is 45.6 Å². The lowest BCUT2D eigenvalue weighted by Gasteiger charge is -2.01. The molecule has 1 aromatic carbocycles. The van der Waals surface area contributed by atoms with E-state index in [1.165, 1.54) is 12.5 Å². The number of nitrogens with one attached hydrogen (secondary N) is 3. The van der Waals surface area contributed by atoms with Crippen molar-refractivity contribution in [3.63, 3.8) is 0 Å². The fraction of sp³-hybridized carbons (Fsp3) is 0.222. The molecule has 1 saturated carbocycles. The van der Waals surface area contributed by atoms with Crippen LogP contribution in [0, 0.1) is 5.92 Å². The number of anilines is 1. The SMILES string of the molecule is CC1CC1c1ccc(/C=C/C(=O)Nc2ccc3[nH]c(=O)[nH]c3c2)o1.